The number of thiazole rings is 1. The summed E-state index contributed by atoms with van der Waals surface area (Å²) in [5, 5.41) is 6.18. The van der Waals surface area contributed by atoms with Crippen LogP contribution in [0.1, 0.15) is 5.56 Å². The van der Waals surface area contributed by atoms with Crippen LogP contribution in [0.25, 0.3) is 10.6 Å². The first-order valence-corrected chi connectivity index (χ1v) is 8.07. The Morgan fingerprint density at radius 3 is 2.90 bits per heavy atom. The second-order valence-electron chi connectivity index (χ2n) is 4.51. The molecule has 106 valence electrons. The van der Waals surface area contributed by atoms with Crippen molar-refractivity contribution in [3.63, 3.8) is 0 Å². The fourth-order valence-electron chi connectivity index (χ4n) is 2.00. The summed E-state index contributed by atoms with van der Waals surface area (Å²) in [5.41, 5.74) is 2.64. The predicted octanol–water partition coefficient (Wildman–Crippen LogP) is 5.32. The molecular weight excluding hydrogens is 351 g/mol. The van der Waals surface area contributed by atoms with Gasteiger partial charge in [-0.15, -0.1) is 11.3 Å². The number of benzene rings is 2. The lowest BCUT2D eigenvalue weighted by atomic mass is 10.2. The molecule has 0 fully saturated rings. The van der Waals surface area contributed by atoms with E-state index in [1.165, 1.54) is 6.07 Å². The number of hydrogen-bond donors (Lipinski definition) is 1. The van der Waals surface area contributed by atoms with E-state index in [-0.39, 0.29) is 5.82 Å². The van der Waals surface area contributed by atoms with Crippen molar-refractivity contribution in [3.8, 4) is 10.6 Å². The highest BCUT2D eigenvalue weighted by Crippen LogP contribution is 2.25. The molecule has 1 heterocycles. The first kappa shape index (κ1) is 14.2. The molecule has 0 atom stereocenters. The molecule has 21 heavy (non-hydrogen) atoms. The summed E-state index contributed by atoms with van der Waals surface area (Å²) in [6.45, 7) is 0.437. The topological polar surface area (TPSA) is 24.9 Å². The SMILES string of the molecule is Fc1ccc(Br)cc1CNc1cccc(-c2nccs2)c1. The first-order valence-electron chi connectivity index (χ1n) is 6.40. The lowest BCUT2D eigenvalue weighted by Gasteiger charge is -2.09. The molecule has 3 aromatic rings. The van der Waals surface area contributed by atoms with Gasteiger partial charge in [-0.2, -0.15) is 0 Å². The van der Waals surface area contributed by atoms with Crippen LogP contribution in [0.2, 0.25) is 0 Å². The van der Waals surface area contributed by atoms with Crippen molar-refractivity contribution in [2.45, 2.75) is 6.54 Å². The Hall–Kier alpha value is -1.72. The Balaban J connectivity index is 1.76. The van der Waals surface area contributed by atoms with E-state index in [1.54, 1.807) is 29.7 Å². The van der Waals surface area contributed by atoms with Crippen molar-refractivity contribution in [1.29, 1.82) is 0 Å². The van der Waals surface area contributed by atoms with E-state index in [2.05, 4.69) is 26.2 Å². The number of halogens is 2. The molecule has 0 bridgehead atoms. The van der Waals surface area contributed by atoms with Gasteiger partial charge in [-0.3, -0.25) is 0 Å². The maximum atomic E-state index is 13.7. The highest BCUT2D eigenvalue weighted by molar-refractivity contribution is 9.10. The minimum atomic E-state index is -0.207. The van der Waals surface area contributed by atoms with Crippen molar-refractivity contribution in [2.75, 3.05) is 5.32 Å². The number of aromatic nitrogens is 1. The van der Waals surface area contributed by atoms with Crippen LogP contribution >= 0.6 is 27.3 Å². The first-order chi connectivity index (χ1) is 10.2. The molecule has 1 N–H and O–H groups in total. The molecular formula is C16H12BrFN2S. The zero-order chi connectivity index (χ0) is 14.7. The summed E-state index contributed by atoms with van der Waals surface area (Å²) in [7, 11) is 0. The van der Waals surface area contributed by atoms with E-state index in [0.29, 0.717) is 12.1 Å². The minimum Gasteiger partial charge on any atom is -0.381 e. The summed E-state index contributed by atoms with van der Waals surface area (Å²) >= 11 is 4.96. The average molecular weight is 363 g/mol. The third-order valence-corrected chi connectivity index (χ3v) is 4.35. The molecule has 1 aromatic heterocycles. The summed E-state index contributed by atoms with van der Waals surface area (Å²) in [6.07, 6.45) is 1.79. The van der Waals surface area contributed by atoms with E-state index in [4.69, 9.17) is 0 Å². The molecule has 2 nitrogen and oxygen atoms in total. The largest absolute Gasteiger partial charge is 0.381 e. The lowest BCUT2D eigenvalue weighted by Crippen LogP contribution is -2.01. The van der Waals surface area contributed by atoms with Gasteiger partial charge in [0.15, 0.2) is 0 Å². The van der Waals surface area contributed by atoms with Gasteiger partial charge in [0.2, 0.25) is 0 Å². The van der Waals surface area contributed by atoms with Crippen molar-refractivity contribution < 1.29 is 4.39 Å². The fourth-order valence-corrected chi connectivity index (χ4v) is 3.05. The number of nitrogens with one attached hydrogen (secondary N) is 1. The summed E-state index contributed by atoms with van der Waals surface area (Å²) in [6, 6.07) is 12.9. The molecule has 0 saturated heterocycles. The second-order valence-corrected chi connectivity index (χ2v) is 6.32. The zero-order valence-electron chi connectivity index (χ0n) is 11.0. The fraction of sp³-hybridized carbons (Fsp3) is 0.0625. The molecule has 0 radical (unpaired) electrons. The van der Waals surface area contributed by atoms with Crippen LogP contribution in [-0.2, 0) is 6.54 Å². The van der Waals surface area contributed by atoms with Crippen molar-refractivity contribution in [1.82, 2.24) is 4.98 Å². The Morgan fingerprint density at radius 1 is 1.19 bits per heavy atom. The Bertz CT molecular complexity index is 744. The average Bonchev–Trinajstić information content (AvgIpc) is 3.03. The van der Waals surface area contributed by atoms with Gasteiger partial charge in [0.25, 0.3) is 0 Å². The summed E-state index contributed by atoms with van der Waals surface area (Å²) in [4.78, 5) is 4.30. The number of anilines is 1. The zero-order valence-corrected chi connectivity index (χ0v) is 13.4. The van der Waals surface area contributed by atoms with Crippen LogP contribution in [0.4, 0.5) is 10.1 Å². The molecule has 0 spiro atoms. The van der Waals surface area contributed by atoms with E-state index >= 15 is 0 Å². The Labute approximate surface area is 134 Å². The van der Waals surface area contributed by atoms with Crippen LogP contribution in [0, 0.1) is 5.82 Å². The van der Waals surface area contributed by atoms with Crippen molar-refractivity contribution >= 4 is 33.0 Å². The van der Waals surface area contributed by atoms with Crippen molar-refractivity contribution in [3.05, 3.63) is 69.9 Å². The van der Waals surface area contributed by atoms with Gasteiger partial charge in [0, 0.05) is 39.4 Å². The van der Waals surface area contributed by atoms with Gasteiger partial charge in [0.05, 0.1) is 0 Å². The third-order valence-electron chi connectivity index (χ3n) is 3.03. The molecule has 0 aliphatic heterocycles. The highest BCUT2D eigenvalue weighted by Gasteiger charge is 2.04. The normalized spacial score (nSPS) is 10.6. The lowest BCUT2D eigenvalue weighted by molar-refractivity contribution is 0.612. The quantitative estimate of drug-likeness (QED) is 0.678. The van der Waals surface area contributed by atoms with E-state index < -0.39 is 0 Å². The highest BCUT2D eigenvalue weighted by atomic mass is 79.9. The summed E-state index contributed by atoms with van der Waals surface area (Å²) < 4.78 is 14.6. The van der Waals surface area contributed by atoms with Crippen LogP contribution in [0.3, 0.4) is 0 Å². The number of rotatable bonds is 4. The van der Waals surface area contributed by atoms with E-state index in [1.807, 2.05) is 29.6 Å². The minimum absolute atomic E-state index is 0.207. The molecule has 0 amide bonds. The van der Waals surface area contributed by atoms with E-state index in [0.717, 1.165) is 20.7 Å². The maximum Gasteiger partial charge on any atom is 0.128 e. The van der Waals surface area contributed by atoms with Gasteiger partial charge < -0.3 is 5.32 Å². The smallest absolute Gasteiger partial charge is 0.128 e. The molecule has 0 aliphatic carbocycles. The monoisotopic (exact) mass is 362 g/mol. The maximum absolute atomic E-state index is 13.7. The second kappa shape index (κ2) is 6.37. The number of hydrogen-bond acceptors (Lipinski definition) is 3. The molecule has 5 heteroatoms. The van der Waals surface area contributed by atoms with Gasteiger partial charge in [-0.05, 0) is 30.3 Å². The third kappa shape index (κ3) is 3.49. The standard InChI is InChI=1S/C16H12BrFN2S/c17-13-4-5-15(18)12(8-13)10-20-14-3-1-2-11(9-14)16-19-6-7-21-16/h1-9,20H,10H2. The van der Waals surface area contributed by atoms with Crippen LogP contribution in [0.5, 0.6) is 0 Å². The van der Waals surface area contributed by atoms with Crippen LogP contribution in [0.15, 0.2) is 58.5 Å². The molecule has 3 rings (SSSR count). The Kier molecular flexibility index (Phi) is 4.31. The van der Waals surface area contributed by atoms with Gasteiger partial charge in [-0.25, -0.2) is 9.37 Å². The molecule has 0 saturated carbocycles. The Morgan fingerprint density at radius 2 is 2.10 bits per heavy atom. The van der Waals surface area contributed by atoms with Crippen LogP contribution < -0.4 is 5.32 Å². The molecule has 2 aromatic carbocycles. The molecule has 0 unspecified atom stereocenters. The summed E-state index contributed by atoms with van der Waals surface area (Å²) in [5.74, 6) is -0.207. The van der Waals surface area contributed by atoms with Crippen molar-refractivity contribution in [2.24, 2.45) is 0 Å². The van der Waals surface area contributed by atoms with E-state index in [9.17, 15) is 4.39 Å². The molecule has 0 aliphatic rings. The van der Waals surface area contributed by atoms with Gasteiger partial charge in [0.1, 0.15) is 10.8 Å². The van der Waals surface area contributed by atoms with Crippen LogP contribution in [-0.4, -0.2) is 4.98 Å². The van der Waals surface area contributed by atoms with Gasteiger partial charge >= 0.3 is 0 Å². The van der Waals surface area contributed by atoms with Gasteiger partial charge in [-0.1, -0.05) is 28.1 Å². The number of nitrogens with zero attached hydrogens (tertiary/aromatic N) is 1. The predicted molar refractivity (Wildman–Crippen MR) is 89.0 cm³/mol.